The minimum absolute atomic E-state index is 0.0638. The first-order valence-electron chi connectivity index (χ1n) is 11.0. The summed E-state index contributed by atoms with van der Waals surface area (Å²) in [7, 11) is 1.50. The minimum Gasteiger partial charge on any atom is -0.481 e. The number of nitrogens with zero attached hydrogens (tertiary/aromatic N) is 4. The van der Waals surface area contributed by atoms with Crippen LogP contribution in [-0.2, 0) is 0 Å². The molecule has 2 aliphatic rings. The molecule has 0 bridgehead atoms. The van der Waals surface area contributed by atoms with E-state index in [2.05, 4.69) is 4.98 Å². The average molecular weight is 466 g/mol. The average Bonchev–Trinajstić information content (AvgIpc) is 3.69. The van der Waals surface area contributed by atoms with Gasteiger partial charge in [-0.15, -0.1) is 0 Å². The zero-order valence-electron chi connectivity index (χ0n) is 18.5. The van der Waals surface area contributed by atoms with Crippen LogP contribution in [0.3, 0.4) is 0 Å². The third-order valence-corrected chi connectivity index (χ3v) is 6.37. The van der Waals surface area contributed by atoms with Crippen LogP contribution >= 0.6 is 0 Å². The predicted molar refractivity (Wildman–Crippen MR) is 122 cm³/mol. The molecule has 1 aliphatic carbocycles. The maximum absolute atomic E-state index is 15.1. The van der Waals surface area contributed by atoms with Crippen LogP contribution in [0.1, 0.15) is 39.6 Å². The van der Waals surface area contributed by atoms with Gasteiger partial charge in [0.2, 0.25) is 11.3 Å². The molecular formula is C24H23FN4O5. The summed E-state index contributed by atoms with van der Waals surface area (Å²) in [5, 5.41) is 9.46. The molecule has 34 heavy (non-hydrogen) atoms. The zero-order chi connectivity index (χ0) is 24.0. The van der Waals surface area contributed by atoms with Gasteiger partial charge in [0.1, 0.15) is 11.4 Å². The molecular weight excluding hydrogens is 443 g/mol. The highest BCUT2D eigenvalue weighted by atomic mass is 19.1. The maximum Gasteiger partial charge on any atom is 0.341 e. The monoisotopic (exact) mass is 466 g/mol. The molecule has 1 aliphatic heterocycles. The second-order valence-electron chi connectivity index (χ2n) is 8.50. The van der Waals surface area contributed by atoms with E-state index in [1.165, 1.54) is 19.5 Å². The summed E-state index contributed by atoms with van der Waals surface area (Å²) in [6.07, 6.45) is 4.60. The number of benzene rings is 1. The van der Waals surface area contributed by atoms with Gasteiger partial charge in [0.05, 0.1) is 23.9 Å². The lowest BCUT2D eigenvalue weighted by Gasteiger charge is -2.36. The van der Waals surface area contributed by atoms with Crippen molar-refractivity contribution in [1.82, 2.24) is 14.5 Å². The van der Waals surface area contributed by atoms with Crippen molar-refractivity contribution in [3.05, 3.63) is 63.8 Å². The van der Waals surface area contributed by atoms with Gasteiger partial charge < -0.3 is 24.2 Å². The Morgan fingerprint density at radius 2 is 1.88 bits per heavy atom. The quantitative estimate of drug-likeness (QED) is 0.616. The SMILES string of the molecule is COc1ccc(C(=O)N2CCN(c3cc4c(cc3F)c(=O)c(C(=O)O)cn4C3CC3)CC2)cn1. The first-order valence-corrected chi connectivity index (χ1v) is 11.0. The van der Waals surface area contributed by atoms with Gasteiger partial charge in [-0.25, -0.2) is 14.2 Å². The Labute approximate surface area is 194 Å². The standard InChI is InChI=1S/C24H23FN4O5/c1-34-21-5-2-14(12-26-21)23(31)28-8-6-27(7-9-28)20-11-19-16(10-18(20)25)22(30)17(24(32)33)13-29(19)15-3-4-15/h2,5,10-13,15H,3-4,6-9H2,1H3,(H,32,33). The van der Waals surface area contributed by atoms with E-state index >= 15 is 4.39 Å². The van der Waals surface area contributed by atoms with Gasteiger partial charge in [-0.3, -0.25) is 9.59 Å². The van der Waals surface area contributed by atoms with Gasteiger partial charge in [-0.2, -0.15) is 0 Å². The molecule has 9 nitrogen and oxygen atoms in total. The molecule has 1 amide bonds. The van der Waals surface area contributed by atoms with Crippen molar-refractivity contribution in [2.45, 2.75) is 18.9 Å². The van der Waals surface area contributed by atoms with E-state index in [0.29, 0.717) is 48.8 Å². The number of halogens is 1. The molecule has 0 spiro atoms. The van der Waals surface area contributed by atoms with Gasteiger partial charge in [0.25, 0.3) is 5.91 Å². The van der Waals surface area contributed by atoms with Crippen LogP contribution in [0.2, 0.25) is 0 Å². The fourth-order valence-electron chi connectivity index (χ4n) is 4.37. The molecule has 1 saturated heterocycles. The molecule has 0 unspecified atom stereocenters. The van der Waals surface area contributed by atoms with E-state index in [0.717, 1.165) is 18.9 Å². The van der Waals surface area contributed by atoms with E-state index < -0.39 is 17.2 Å². The zero-order valence-corrected chi connectivity index (χ0v) is 18.5. The lowest BCUT2D eigenvalue weighted by molar-refractivity contribution is 0.0693. The van der Waals surface area contributed by atoms with Crippen molar-refractivity contribution in [1.29, 1.82) is 0 Å². The third kappa shape index (κ3) is 3.85. The van der Waals surface area contributed by atoms with E-state index in [1.54, 1.807) is 27.7 Å². The summed E-state index contributed by atoms with van der Waals surface area (Å²) in [5.41, 5.74) is 0.271. The van der Waals surface area contributed by atoms with Crippen molar-refractivity contribution in [3.8, 4) is 5.88 Å². The van der Waals surface area contributed by atoms with E-state index in [1.807, 2.05) is 4.90 Å². The fraction of sp³-hybridized carbons (Fsp3) is 0.333. The van der Waals surface area contributed by atoms with Crippen molar-refractivity contribution in [3.63, 3.8) is 0 Å². The molecule has 1 aromatic carbocycles. The number of amides is 1. The van der Waals surface area contributed by atoms with Crippen molar-refractivity contribution >= 4 is 28.5 Å². The summed E-state index contributed by atoms with van der Waals surface area (Å²) >= 11 is 0. The van der Waals surface area contributed by atoms with Crippen LogP contribution in [0.25, 0.3) is 10.9 Å². The summed E-state index contributed by atoms with van der Waals surface area (Å²) in [6, 6.07) is 6.15. The minimum atomic E-state index is -1.32. The third-order valence-electron chi connectivity index (χ3n) is 6.37. The molecule has 3 aromatic rings. The summed E-state index contributed by atoms with van der Waals surface area (Å²) in [5.74, 6) is -1.64. The molecule has 176 valence electrons. The largest absolute Gasteiger partial charge is 0.481 e. The molecule has 1 saturated carbocycles. The van der Waals surface area contributed by atoms with E-state index in [9.17, 15) is 19.5 Å². The number of methoxy groups -OCH3 is 1. The van der Waals surface area contributed by atoms with Crippen LogP contribution in [0, 0.1) is 5.82 Å². The summed E-state index contributed by atoms with van der Waals surface area (Å²) in [4.78, 5) is 44.6. The lowest BCUT2D eigenvalue weighted by Crippen LogP contribution is -2.49. The highest BCUT2D eigenvalue weighted by molar-refractivity contribution is 5.95. The highest BCUT2D eigenvalue weighted by Gasteiger charge is 2.29. The maximum atomic E-state index is 15.1. The van der Waals surface area contributed by atoms with E-state index in [4.69, 9.17) is 4.74 Å². The lowest BCUT2D eigenvalue weighted by atomic mass is 10.1. The first kappa shape index (κ1) is 21.9. The van der Waals surface area contributed by atoms with Crippen LogP contribution in [0.5, 0.6) is 5.88 Å². The number of ether oxygens (including phenoxy) is 1. The Morgan fingerprint density at radius 3 is 2.47 bits per heavy atom. The van der Waals surface area contributed by atoms with Crippen LogP contribution in [-0.4, -0.2) is 64.7 Å². The second-order valence-corrected chi connectivity index (χ2v) is 8.50. The van der Waals surface area contributed by atoms with Gasteiger partial charge in [0.15, 0.2) is 0 Å². The Hall–Kier alpha value is -3.95. The topological polar surface area (TPSA) is 105 Å². The van der Waals surface area contributed by atoms with Crippen LogP contribution < -0.4 is 15.1 Å². The van der Waals surface area contributed by atoms with Crippen molar-refractivity contribution in [2.75, 3.05) is 38.2 Å². The number of hydrogen-bond acceptors (Lipinski definition) is 6. The normalized spacial score (nSPS) is 16.1. The number of carbonyl (C=O) groups is 2. The molecule has 5 rings (SSSR count). The molecule has 0 radical (unpaired) electrons. The number of rotatable bonds is 5. The number of aromatic nitrogens is 2. The molecule has 1 N–H and O–H groups in total. The summed E-state index contributed by atoms with van der Waals surface area (Å²) in [6.45, 7) is 1.63. The number of piperazine rings is 1. The number of carboxylic acids is 1. The highest BCUT2D eigenvalue weighted by Crippen LogP contribution is 2.38. The number of carboxylic acid groups (broad SMARTS) is 1. The number of anilines is 1. The van der Waals surface area contributed by atoms with Gasteiger partial charge in [0, 0.05) is 56.1 Å². The molecule has 2 fully saturated rings. The molecule has 2 aromatic heterocycles. The Kier molecular flexibility index (Phi) is 5.43. The summed E-state index contributed by atoms with van der Waals surface area (Å²) < 4.78 is 21.9. The number of fused-ring (bicyclic) bond motifs is 1. The van der Waals surface area contributed by atoms with Crippen molar-refractivity contribution < 1.29 is 23.8 Å². The molecule has 10 heteroatoms. The van der Waals surface area contributed by atoms with E-state index in [-0.39, 0.29) is 22.9 Å². The second kappa shape index (κ2) is 8.44. The molecule has 0 atom stereocenters. The smallest absolute Gasteiger partial charge is 0.341 e. The van der Waals surface area contributed by atoms with Gasteiger partial charge in [-0.05, 0) is 31.0 Å². The van der Waals surface area contributed by atoms with Crippen LogP contribution in [0.4, 0.5) is 10.1 Å². The predicted octanol–water partition coefficient (Wildman–Crippen LogP) is 2.54. The van der Waals surface area contributed by atoms with Gasteiger partial charge >= 0.3 is 5.97 Å². The Morgan fingerprint density at radius 1 is 1.15 bits per heavy atom. The Bertz CT molecular complexity index is 1340. The van der Waals surface area contributed by atoms with Crippen LogP contribution in [0.15, 0.2) is 41.5 Å². The molecule has 3 heterocycles. The van der Waals surface area contributed by atoms with Crippen molar-refractivity contribution in [2.24, 2.45) is 0 Å². The fourth-order valence-corrected chi connectivity index (χ4v) is 4.37. The first-order chi connectivity index (χ1) is 16.4. The Balaban J connectivity index is 1.41. The van der Waals surface area contributed by atoms with Gasteiger partial charge in [-0.1, -0.05) is 0 Å². The number of pyridine rings is 2. The number of carbonyl (C=O) groups excluding carboxylic acids is 1. The number of aromatic carboxylic acids is 1. The number of hydrogen-bond donors (Lipinski definition) is 1.